The minimum atomic E-state index is -0.148. The Bertz CT molecular complexity index is 690. The molecule has 1 aliphatic rings. The maximum atomic E-state index is 12.4. The summed E-state index contributed by atoms with van der Waals surface area (Å²) in [5, 5.41) is 7.13. The van der Waals surface area contributed by atoms with Crippen molar-refractivity contribution in [2.75, 3.05) is 36.4 Å². The molecular formula is C16H23N7O. The maximum absolute atomic E-state index is 12.4. The van der Waals surface area contributed by atoms with Crippen LogP contribution in [-0.4, -0.2) is 56.9 Å². The van der Waals surface area contributed by atoms with E-state index in [0.717, 1.165) is 24.6 Å². The molecule has 2 aromatic rings. The van der Waals surface area contributed by atoms with Gasteiger partial charge in [0.25, 0.3) is 0 Å². The van der Waals surface area contributed by atoms with E-state index in [-0.39, 0.29) is 12.1 Å². The van der Waals surface area contributed by atoms with Crippen molar-refractivity contribution in [3.63, 3.8) is 0 Å². The molecule has 0 atom stereocenters. The van der Waals surface area contributed by atoms with Crippen LogP contribution >= 0.6 is 0 Å². The van der Waals surface area contributed by atoms with Gasteiger partial charge in [0, 0.05) is 50.3 Å². The standard InChI is InChI=1S/C16H23N7O/c1-12(2)23-13(3)18-15(20-23)19-16(24)22-10-8-21(9-11-22)14-4-6-17-7-5-14/h4-7,12H,8-11H2,1-3H3,(H,19,20,24). The summed E-state index contributed by atoms with van der Waals surface area (Å²) in [6.45, 7) is 8.87. The molecule has 3 rings (SSSR count). The highest BCUT2D eigenvalue weighted by atomic mass is 16.2. The van der Waals surface area contributed by atoms with Crippen LogP contribution < -0.4 is 10.2 Å². The first-order valence-corrected chi connectivity index (χ1v) is 8.18. The van der Waals surface area contributed by atoms with Crippen LogP contribution in [0.5, 0.6) is 0 Å². The average molecular weight is 329 g/mol. The molecule has 24 heavy (non-hydrogen) atoms. The Balaban J connectivity index is 1.56. The largest absolute Gasteiger partial charge is 0.368 e. The summed E-state index contributed by atoms with van der Waals surface area (Å²) in [5.74, 6) is 1.16. The van der Waals surface area contributed by atoms with Crippen LogP contribution in [0.1, 0.15) is 25.7 Å². The van der Waals surface area contributed by atoms with Gasteiger partial charge in [0.05, 0.1) is 0 Å². The van der Waals surface area contributed by atoms with Gasteiger partial charge in [0.15, 0.2) is 0 Å². The van der Waals surface area contributed by atoms with Crippen molar-refractivity contribution < 1.29 is 4.79 Å². The Morgan fingerprint density at radius 1 is 1.17 bits per heavy atom. The smallest absolute Gasteiger partial charge is 0.324 e. The zero-order chi connectivity index (χ0) is 17.1. The molecule has 8 heteroatoms. The van der Waals surface area contributed by atoms with Crippen LogP contribution in [0.25, 0.3) is 0 Å². The monoisotopic (exact) mass is 329 g/mol. The van der Waals surface area contributed by atoms with Crippen molar-refractivity contribution >= 4 is 17.7 Å². The van der Waals surface area contributed by atoms with Gasteiger partial charge in [-0.05, 0) is 32.9 Å². The fraction of sp³-hybridized carbons (Fsp3) is 0.500. The van der Waals surface area contributed by atoms with Gasteiger partial charge >= 0.3 is 6.03 Å². The van der Waals surface area contributed by atoms with Crippen LogP contribution in [0.2, 0.25) is 0 Å². The molecule has 3 heterocycles. The lowest BCUT2D eigenvalue weighted by Gasteiger charge is -2.35. The van der Waals surface area contributed by atoms with Crippen molar-refractivity contribution in [1.82, 2.24) is 24.6 Å². The van der Waals surface area contributed by atoms with Crippen molar-refractivity contribution in [2.24, 2.45) is 0 Å². The summed E-state index contributed by atoms with van der Waals surface area (Å²) in [6, 6.07) is 4.04. The Kier molecular flexibility index (Phi) is 4.64. The number of nitrogens with one attached hydrogen (secondary N) is 1. The third-order valence-corrected chi connectivity index (χ3v) is 4.10. The van der Waals surface area contributed by atoms with Crippen LogP contribution in [0.3, 0.4) is 0 Å². The lowest BCUT2D eigenvalue weighted by molar-refractivity contribution is 0.208. The molecule has 128 valence electrons. The normalized spacial score (nSPS) is 15.0. The summed E-state index contributed by atoms with van der Waals surface area (Å²) in [6.07, 6.45) is 3.57. The molecule has 1 fully saturated rings. The summed E-state index contributed by atoms with van der Waals surface area (Å²) >= 11 is 0. The number of hydrogen-bond acceptors (Lipinski definition) is 5. The predicted molar refractivity (Wildman–Crippen MR) is 92.2 cm³/mol. The number of nitrogens with zero attached hydrogens (tertiary/aromatic N) is 6. The number of anilines is 2. The van der Waals surface area contributed by atoms with E-state index in [4.69, 9.17) is 0 Å². The average Bonchev–Trinajstić information content (AvgIpc) is 2.96. The zero-order valence-electron chi connectivity index (χ0n) is 14.3. The van der Waals surface area contributed by atoms with Gasteiger partial charge < -0.3 is 9.80 Å². The van der Waals surface area contributed by atoms with Crippen molar-refractivity contribution in [3.8, 4) is 0 Å². The first kappa shape index (κ1) is 16.2. The van der Waals surface area contributed by atoms with E-state index in [1.165, 1.54) is 0 Å². The van der Waals surface area contributed by atoms with E-state index in [1.54, 1.807) is 22.0 Å². The van der Waals surface area contributed by atoms with Gasteiger partial charge in [-0.15, -0.1) is 5.10 Å². The van der Waals surface area contributed by atoms with Crippen molar-refractivity contribution in [3.05, 3.63) is 30.4 Å². The van der Waals surface area contributed by atoms with E-state index in [1.807, 2.05) is 32.9 Å². The second-order valence-corrected chi connectivity index (χ2v) is 6.13. The Hall–Kier alpha value is -2.64. The fourth-order valence-corrected chi connectivity index (χ4v) is 2.84. The highest BCUT2D eigenvalue weighted by molar-refractivity contribution is 5.87. The number of urea groups is 1. The number of pyridine rings is 1. The highest BCUT2D eigenvalue weighted by Gasteiger charge is 2.22. The lowest BCUT2D eigenvalue weighted by Crippen LogP contribution is -2.50. The molecule has 0 aliphatic carbocycles. The minimum Gasteiger partial charge on any atom is -0.368 e. The minimum absolute atomic E-state index is 0.148. The molecule has 0 saturated carbocycles. The third-order valence-electron chi connectivity index (χ3n) is 4.10. The first-order chi connectivity index (χ1) is 11.5. The van der Waals surface area contributed by atoms with E-state index in [0.29, 0.717) is 19.0 Å². The molecule has 2 aromatic heterocycles. The number of aromatic nitrogens is 4. The van der Waals surface area contributed by atoms with Crippen molar-refractivity contribution in [1.29, 1.82) is 0 Å². The SMILES string of the molecule is Cc1nc(NC(=O)N2CCN(c3ccncc3)CC2)nn1C(C)C. The third kappa shape index (κ3) is 3.47. The Morgan fingerprint density at radius 2 is 1.83 bits per heavy atom. The van der Waals surface area contributed by atoms with Crippen LogP contribution in [0.4, 0.5) is 16.4 Å². The lowest BCUT2D eigenvalue weighted by atomic mass is 10.3. The summed E-state index contributed by atoms with van der Waals surface area (Å²) in [7, 11) is 0. The van der Waals surface area contributed by atoms with Crippen LogP contribution in [-0.2, 0) is 0 Å². The molecule has 2 amide bonds. The number of carbonyl (C=O) groups is 1. The second-order valence-electron chi connectivity index (χ2n) is 6.13. The van der Waals surface area contributed by atoms with E-state index in [9.17, 15) is 4.79 Å². The molecule has 0 unspecified atom stereocenters. The number of piperazine rings is 1. The topological polar surface area (TPSA) is 79.2 Å². The highest BCUT2D eigenvalue weighted by Crippen LogP contribution is 2.15. The molecule has 0 radical (unpaired) electrons. The molecule has 0 spiro atoms. The summed E-state index contributed by atoms with van der Waals surface area (Å²) in [4.78, 5) is 24.8. The number of carbonyl (C=O) groups excluding carboxylic acids is 1. The number of rotatable bonds is 3. The molecule has 1 aliphatic heterocycles. The van der Waals surface area contributed by atoms with Gasteiger partial charge in [0.1, 0.15) is 5.82 Å². The van der Waals surface area contributed by atoms with E-state index in [2.05, 4.69) is 25.3 Å². The van der Waals surface area contributed by atoms with E-state index < -0.39 is 0 Å². The summed E-state index contributed by atoms with van der Waals surface area (Å²) in [5.41, 5.74) is 1.14. The molecule has 1 N–H and O–H groups in total. The van der Waals surface area contributed by atoms with Gasteiger partial charge in [0.2, 0.25) is 5.95 Å². The van der Waals surface area contributed by atoms with Crippen LogP contribution in [0.15, 0.2) is 24.5 Å². The molecule has 8 nitrogen and oxygen atoms in total. The fourth-order valence-electron chi connectivity index (χ4n) is 2.84. The van der Waals surface area contributed by atoms with Gasteiger partial charge in [-0.2, -0.15) is 4.98 Å². The summed E-state index contributed by atoms with van der Waals surface area (Å²) < 4.78 is 1.80. The first-order valence-electron chi connectivity index (χ1n) is 8.18. The second kappa shape index (κ2) is 6.86. The van der Waals surface area contributed by atoms with Crippen molar-refractivity contribution in [2.45, 2.75) is 26.8 Å². The Morgan fingerprint density at radius 3 is 2.42 bits per heavy atom. The van der Waals surface area contributed by atoms with Gasteiger partial charge in [-0.25, -0.2) is 9.48 Å². The maximum Gasteiger partial charge on any atom is 0.324 e. The number of amides is 2. The molecule has 1 saturated heterocycles. The van der Waals surface area contributed by atoms with Gasteiger partial charge in [-0.1, -0.05) is 0 Å². The van der Waals surface area contributed by atoms with Gasteiger partial charge in [-0.3, -0.25) is 10.3 Å². The Labute approximate surface area is 141 Å². The predicted octanol–water partition coefficient (Wildman–Crippen LogP) is 1.92. The molecule has 0 bridgehead atoms. The zero-order valence-corrected chi connectivity index (χ0v) is 14.3. The molecular weight excluding hydrogens is 306 g/mol. The van der Waals surface area contributed by atoms with E-state index >= 15 is 0 Å². The molecule has 0 aromatic carbocycles. The number of hydrogen-bond donors (Lipinski definition) is 1. The van der Waals surface area contributed by atoms with Crippen LogP contribution in [0, 0.1) is 6.92 Å². The number of aryl methyl sites for hydroxylation is 1. The quantitative estimate of drug-likeness (QED) is 0.930.